The number of carbonyl (C=O) groups excluding carboxylic acids is 1. The van der Waals surface area contributed by atoms with E-state index in [0.717, 1.165) is 22.2 Å². The molecule has 0 aliphatic carbocycles. The zero-order valence-electron chi connectivity index (χ0n) is 11.8. The first-order chi connectivity index (χ1) is 9.45. The molecule has 0 saturated carbocycles. The van der Waals surface area contributed by atoms with Crippen LogP contribution in [0.4, 0.5) is 0 Å². The van der Waals surface area contributed by atoms with Gasteiger partial charge in [0.15, 0.2) is 0 Å². The highest BCUT2D eigenvalue weighted by molar-refractivity contribution is 6.03. The molecular weight excluding hydrogens is 254 g/mol. The van der Waals surface area contributed by atoms with Gasteiger partial charge in [-0.1, -0.05) is 18.2 Å². The Morgan fingerprint density at radius 3 is 2.65 bits per heavy atom. The van der Waals surface area contributed by atoms with Crippen molar-refractivity contribution in [2.75, 3.05) is 0 Å². The first-order valence-corrected chi connectivity index (χ1v) is 6.45. The molecule has 0 fully saturated rings. The van der Waals surface area contributed by atoms with E-state index in [1.54, 1.807) is 29.7 Å². The number of rotatable bonds is 3. The Morgan fingerprint density at radius 2 is 2.05 bits per heavy atom. The molecule has 2 rings (SSSR count). The second kappa shape index (κ2) is 5.33. The molecule has 0 atom stereocenters. The number of hydrogen-bond acceptors (Lipinski definition) is 2. The molecule has 4 nitrogen and oxygen atoms in total. The van der Waals surface area contributed by atoms with E-state index in [4.69, 9.17) is 5.11 Å². The lowest BCUT2D eigenvalue weighted by molar-refractivity contribution is -0.136. The maximum absolute atomic E-state index is 12.4. The Balaban J connectivity index is 2.67. The van der Waals surface area contributed by atoms with E-state index >= 15 is 0 Å². The highest BCUT2D eigenvalue weighted by Gasteiger charge is 2.16. The number of benzene rings is 1. The normalized spacial score (nSPS) is 11.8. The standard InChI is InChI=1S/C16H17NO3/c1-4-10(2)16(20)17-11(3)8-13-12(9-15(18)19)6-5-7-14(13)17/h4-8H,9H2,1-3H3,(H,18,19)/b10-4+. The van der Waals surface area contributed by atoms with E-state index in [2.05, 4.69) is 0 Å². The number of aromatic nitrogens is 1. The Bertz CT molecular complexity index is 723. The summed E-state index contributed by atoms with van der Waals surface area (Å²) in [5, 5.41) is 9.78. The van der Waals surface area contributed by atoms with Crippen molar-refractivity contribution in [2.45, 2.75) is 27.2 Å². The average molecular weight is 271 g/mol. The fraction of sp³-hybridized carbons (Fsp3) is 0.250. The number of hydrogen-bond donors (Lipinski definition) is 1. The smallest absolute Gasteiger partial charge is 0.307 e. The zero-order chi connectivity index (χ0) is 14.9. The van der Waals surface area contributed by atoms with Crippen LogP contribution in [0.2, 0.25) is 0 Å². The number of carboxylic acid groups (broad SMARTS) is 1. The Hall–Kier alpha value is -2.36. The summed E-state index contributed by atoms with van der Waals surface area (Å²) >= 11 is 0. The first-order valence-electron chi connectivity index (χ1n) is 6.45. The van der Waals surface area contributed by atoms with Crippen LogP contribution in [0.3, 0.4) is 0 Å². The van der Waals surface area contributed by atoms with Crippen molar-refractivity contribution in [3.63, 3.8) is 0 Å². The summed E-state index contributed by atoms with van der Waals surface area (Å²) in [5.74, 6) is -0.952. The Kier molecular flexibility index (Phi) is 3.74. The molecule has 1 aromatic carbocycles. The van der Waals surface area contributed by atoms with E-state index in [1.807, 2.05) is 26.0 Å². The van der Waals surface area contributed by atoms with Crippen LogP contribution in [-0.2, 0) is 11.2 Å². The topological polar surface area (TPSA) is 59.3 Å². The lowest BCUT2D eigenvalue weighted by atomic mass is 10.1. The van der Waals surface area contributed by atoms with Gasteiger partial charge in [-0.05, 0) is 38.5 Å². The summed E-state index contributed by atoms with van der Waals surface area (Å²) in [4.78, 5) is 23.3. The minimum Gasteiger partial charge on any atom is -0.481 e. The molecule has 0 spiro atoms. The number of aryl methyl sites for hydroxylation is 1. The molecular formula is C16H17NO3. The molecule has 20 heavy (non-hydrogen) atoms. The van der Waals surface area contributed by atoms with Crippen molar-refractivity contribution in [3.05, 3.63) is 47.2 Å². The highest BCUT2D eigenvalue weighted by atomic mass is 16.4. The zero-order valence-corrected chi connectivity index (χ0v) is 11.8. The number of carbonyl (C=O) groups is 2. The largest absolute Gasteiger partial charge is 0.481 e. The van der Waals surface area contributed by atoms with Gasteiger partial charge in [-0.15, -0.1) is 0 Å². The first kappa shape index (κ1) is 14.1. The molecule has 0 amide bonds. The molecule has 0 bridgehead atoms. The molecule has 0 aliphatic heterocycles. The lowest BCUT2D eigenvalue weighted by Gasteiger charge is -2.07. The van der Waals surface area contributed by atoms with Gasteiger partial charge in [0.2, 0.25) is 0 Å². The minimum absolute atomic E-state index is 0.0441. The molecule has 104 valence electrons. The van der Waals surface area contributed by atoms with Crippen LogP contribution in [0.5, 0.6) is 0 Å². The summed E-state index contributed by atoms with van der Waals surface area (Å²) in [6.07, 6.45) is 1.73. The number of fused-ring (bicyclic) bond motifs is 1. The van der Waals surface area contributed by atoms with Gasteiger partial charge in [-0.25, -0.2) is 0 Å². The van der Waals surface area contributed by atoms with Crippen LogP contribution in [0.15, 0.2) is 35.9 Å². The van der Waals surface area contributed by atoms with Crippen LogP contribution >= 0.6 is 0 Å². The monoisotopic (exact) mass is 271 g/mol. The second-order valence-corrected chi connectivity index (χ2v) is 4.82. The van der Waals surface area contributed by atoms with Crippen LogP contribution in [0.25, 0.3) is 10.9 Å². The second-order valence-electron chi connectivity index (χ2n) is 4.82. The third-order valence-corrected chi connectivity index (χ3v) is 3.44. The number of carboxylic acids is 1. The summed E-state index contributed by atoms with van der Waals surface area (Å²) < 4.78 is 1.63. The molecule has 0 aliphatic rings. The van der Waals surface area contributed by atoms with Crippen molar-refractivity contribution < 1.29 is 14.7 Å². The lowest BCUT2D eigenvalue weighted by Crippen LogP contribution is -2.13. The minimum atomic E-state index is -0.876. The molecule has 0 radical (unpaired) electrons. The van der Waals surface area contributed by atoms with Crippen LogP contribution in [-0.4, -0.2) is 21.6 Å². The molecule has 4 heteroatoms. The quantitative estimate of drug-likeness (QED) is 0.872. The fourth-order valence-electron chi connectivity index (χ4n) is 2.31. The molecule has 2 aromatic rings. The maximum Gasteiger partial charge on any atom is 0.307 e. The van der Waals surface area contributed by atoms with Gasteiger partial charge < -0.3 is 5.11 Å². The Morgan fingerprint density at radius 1 is 1.35 bits per heavy atom. The van der Waals surface area contributed by atoms with Gasteiger partial charge in [0.25, 0.3) is 5.91 Å². The maximum atomic E-state index is 12.4. The van der Waals surface area contributed by atoms with Crippen LogP contribution in [0.1, 0.15) is 29.9 Å². The van der Waals surface area contributed by atoms with E-state index in [0.29, 0.717) is 5.57 Å². The summed E-state index contributed by atoms with van der Waals surface area (Å²) in [7, 11) is 0. The predicted molar refractivity (Wildman–Crippen MR) is 78.1 cm³/mol. The molecule has 1 aromatic heterocycles. The fourth-order valence-corrected chi connectivity index (χ4v) is 2.31. The van der Waals surface area contributed by atoms with E-state index in [1.165, 1.54) is 0 Å². The molecule has 0 saturated heterocycles. The van der Waals surface area contributed by atoms with Gasteiger partial charge in [-0.2, -0.15) is 0 Å². The number of aliphatic carboxylic acids is 1. The summed E-state index contributed by atoms with van der Waals surface area (Å²) in [6.45, 7) is 5.45. The van der Waals surface area contributed by atoms with Crippen molar-refractivity contribution >= 4 is 22.8 Å². The SMILES string of the molecule is C/C=C(\C)C(=O)n1c(C)cc2c(CC(=O)O)cccc21. The predicted octanol–water partition coefficient (Wildman–Crippen LogP) is 3.18. The van der Waals surface area contributed by atoms with Gasteiger partial charge in [-0.3, -0.25) is 14.2 Å². The van der Waals surface area contributed by atoms with Crippen molar-refractivity contribution in [3.8, 4) is 0 Å². The molecule has 0 unspecified atom stereocenters. The third-order valence-electron chi connectivity index (χ3n) is 3.44. The van der Waals surface area contributed by atoms with Crippen molar-refractivity contribution in [2.24, 2.45) is 0 Å². The van der Waals surface area contributed by atoms with E-state index in [-0.39, 0.29) is 12.3 Å². The van der Waals surface area contributed by atoms with Gasteiger partial charge in [0, 0.05) is 16.7 Å². The Labute approximate surface area is 117 Å². The van der Waals surface area contributed by atoms with E-state index < -0.39 is 5.97 Å². The van der Waals surface area contributed by atoms with E-state index in [9.17, 15) is 9.59 Å². The highest BCUT2D eigenvalue weighted by Crippen LogP contribution is 2.24. The third kappa shape index (κ3) is 2.37. The average Bonchev–Trinajstić information content (AvgIpc) is 2.73. The van der Waals surface area contributed by atoms with Gasteiger partial charge in [0.05, 0.1) is 11.9 Å². The summed E-state index contributed by atoms with van der Waals surface area (Å²) in [6, 6.07) is 7.28. The van der Waals surface area contributed by atoms with Gasteiger partial charge in [0.1, 0.15) is 0 Å². The summed E-state index contributed by atoms with van der Waals surface area (Å²) in [5.41, 5.74) is 2.95. The number of allylic oxidation sites excluding steroid dienone is 2. The van der Waals surface area contributed by atoms with Crippen LogP contribution < -0.4 is 0 Å². The molecule has 1 N–H and O–H groups in total. The van der Waals surface area contributed by atoms with Crippen molar-refractivity contribution in [1.82, 2.24) is 4.57 Å². The van der Waals surface area contributed by atoms with Gasteiger partial charge >= 0.3 is 5.97 Å². The van der Waals surface area contributed by atoms with Crippen molar-refractivity contribution in [1.29, 1.82) is 0 Å². The van der Waals surface area contributed by atoms with Crippen LogP contribution in [0, 0.1) is 6.92 Å². The molecule has 1 heterocycles. The number of nitrogens with zero attached hydrogens (tertiary/aromatic N) is 1.